The van der Waals surface area contributed by atoms with Crippen LogP contribution in [0.1, 0.15) is 16.7 Å². The van der Waals surface area contributed by atoms with Gasteiger partial charge in [0.05, 0.1) is 7.11 Å². The van der Waals surface area contributed by atoms with Crippen LogP contribution in [0.4, 0.5) is 0 Å². The molecule has 0 aliphatic rings. The van der Waals surface area contributed by atoms with Crippen LogP contribution in [-0.4, -0.2) is 7.11 Å². The standard InChI is InChI=1S/C26H21BrO/c1-28-23-17-18-25(24(19-23)20-11-5-2-6-12-20)26(27,21-13-7-3-8-14-21)22-15-9-4-10-16-22/h2-19H,1H3. The minimum atomic E-state index is -0.479. The summed E-state index contributed by atoms with van der Waals surface area (Å²) in [7, 11) is 1.71. The first-order valence-electron chi connectivity index (χ1n) is 9.27. The van der Waals surface area contributed by atoms with Crippen LogP contribution in [0.25, 0.3) is 11.1 Å². The quantitative estimate of drug-likeness (QED) is 0.244. The van der Waals surface area contributed by atoms with Crippen molar-refractivity contribution in [3.8, 4) is 16.9 Å². The van der Waals surface area contributed by atoms with Crippen molar-refractivity contribution in [2.24, 2.45) is 0 Å². The molecular weight excluding hydrogens is 408 g/mol. The molecule has 2 heteroatoms. The van der Waals surface area contributed by atoms with Gasteiger partial charge in [0.15, 0.2) is 0 Å². The molecule has 0 unspecified atom stereocenters. The van der Waals surface area contributed by atoms with E-state index in [0.29, 0.717) is 0 Å². The Kier molecular flexibility index (Phi) is 5.31. The highest BCUT2D eigenvalue weighted by Crippen LogP contribution is 2.48. The Bertz CT molecular complexity index is 1000. The molecule has 4 aromatic rings. The summed E-state index contributed by atoms with van der Waals surface area (Å²) in [6, 6.07) is 37.9. The van der Waals surface area contributed by atoms with Crippen molar-refractivity contribution in [1.82, 2.24) is 0 Å². The van der Waals surface area contributed by atoms with Gasteiger partial charge >= 0.3 is 0 Å². The summed E-state index contributed by atoms with van der Waals surface area (Å²) in [4.78, 5) is 0. The van der Waals surface area contributed by atoms with E-state index < -0.39 is 4.32 Å². The SMILES string of the molecule is COc1ccc(C(Br)(c2ccccc2)c2ccccc2)c(-c2ccccc2)c1. The average Bonchev–Trinajstić information content (AvgIpc) is 2.80. The lowest BCUT2D eigenvalue weighted by Crippen LogP contribution is -2.22. The minimum absolute atomic E-state index is 0.479. The number of alkyl halides is 1. The van der Waals surface area contributed by atoms with Gasteiger partial charge in [0.2, 0.25) is 0 Å². The smallest absolute Gasteiger partial charge is 0.119 e. The molecule has 0 atom stereocenters. The van der Waals surface area contributed by atoms with Gasteiger partial charge in [0.25, 0.3) is 0 Å². The number of rotatable bonds is 5. The van der Waals surface area contributed by atoms with E-state index in [0.717, 1.165) is 16.9 Å². The summed E-state index contributed by atoms with van der Waals surface area (Å²) < 4.78 is 5.06. The van der Waals surface area contributed by atoms with E-state index in [4.69, 9.17) is 4.74 Å². The van der Waals surface area contributed by atoms with Crippen LogP contribution in [0.15, 0.2) is 109 Å². The predicted octanol–water partition coefficient (Wildman–Crippen LogP) is 7.05. The van der Waals surface area contributed by atoms with Crippen molar-refractivity contribution in [2.45, 2.75) is 4.32 Å². The van der Waals surface area contributed by atoms with Crippen LogP contribution in [0.3, 0.4) is 0 Å². The third-order valence-electron chi connectivity index (χ3n) is 5.03. The lowest BCUT2D eigenvalue weighted by Gasteiger charge is -2.32. The van der Waals surface area contributed by atoms with Gasteiger partial charge in [0, 0.05) is 0 Å². The van der Waals surface area contributed by atoms with E-state index in [1.165, 1.54) is 16.7 Å². The van der Waals surface area contributed by atoms with E-state index >= 15 is 0 Å². The average molecular weight is 429 g/mol. The van der Waals surface area contributed by atoms with Gasteiger partial charge in [-0.1, -0.05) is 113 Å². The highest BCUT2D eigenvalue weighted by molar-refractivity contribution is 9.10. The monoisotopic (exact) mass is 428 g/mol. The number of hydrogen-bond donors (Lipinski definition) is 0. The maximum Gasteiger partial charge on any atom is 0.119 e. The molecule has 0 radical (unpaired) electrons. The fourth-order valence-corrected chi connectivity index (χ4v) is 4.49. The summed E-state index contributed by atoms with van der Waals surface area (Å²) in [5, 5.41) is 0. The normalized spacial score (nSPS) is 11.2. The Hall–Kier alpha value is -2.84. The Morgan fingerprint density at radius 3 is 1.64 bits per heavy atom. The van der Waals surface area contributed by atoms with Gasteiger partial charge < -0.3 is 4.74 Å². The first-order chi connectivity index (χ1) is 13.7. The molecular formula is C26H21BrO. The van der Waals surface area contributed by atoms with E-state index in [2.05, 4.69) is 101 Å². The van der Waals surface area contributed by atoms with Crippen molar-refractivity contribution < 1.29 is 4.74 Å². The number of methoxy groups -OCH3 is 1. The minimum Gasteiger partial charge on any atom is -0.497 e. The maximum atomic E-state index is 5.54. The number of hydrogen-bond acceptors (Lipinski definition) is 1. The van der Waals surface area contributed by atoms with Crippen molar-refractivity contribution in [1.29, 1.82) is 0 Å². The van der Waals surface area contributed by atoms with Crippen LogP contribution in [0, 0.1) is 0 Å². The fourth-order valence-electron chi connectivity index (χ4n) is 3.62. The topological polar surface area (TPSA) is 9.23 Å². The van der Waals surface area contributed by atoms with Gasteiger partial charge in [-0.05, 0) is 39.9 Å². The van der Waals surface area contributed by atoms with E-state index in [9.17, 15) is 0 Å². The molecule has 0 spiro atoms. The molecule has 0 aliphatic heterocycles. The predicted molar refractivity (Wildman–Crippen MR) is 120 cm³/mol. The Balaban J connectivity index is 2.03. The zero-order chi connectivity index (χ0) is 19.4. The molecule has 28 heavy (non-hydrogen) atoms. The molecule has 0 N–H and O–H groups in total. The van der Waals surface area contributed by atoms with E-state index in [-0.39, 0.29) is 0 Å². The van der Waals surface area contributed by atoms with Crippen LogP contribution in [-0.2, 0) is 4.32 Å². The van der Waals surface area contributed by atoms with Crippen molar-refractivity contribution >= 4 is 15.9 Å². The van der Waals surface area contributed by atoms with Crippen LogP contribution >= 0.6 is 15.9 Å². The molecule has 0 heterocycles. The highest BCUT2D eigenvalue weighted by Gasteiger charge is 2.35. The second kappa shape index (κ2) is 8.04. The Morgan fingerprint density at radius 2 is 1.14 bits per heavy atom. The van der Waals surface area contributed by atoms with Crippen LogP contribution < -0.4 is 4.74 Å². The summed E-state index contributed by atoms with van der Waals surface area (Å²) in [5.41, 5.74) is 5.85. The molecule has 0 aromatic heterocycles. The van der Waals surface area contributed by atoms with Gasteiger partial charge in [-0.2, -0.15) is 0 Å². The zero-order valence-corrected chi connectivity index (χ0v) is 17.3. The second-order valence-electron chi connectivity index (χ2n) is 6.67. The second-order valence-corrected chi connectivity index (χ2v) is 7.86. The lowest BCUT2D eigenvalue weighted by atomic mass is 9.81. The first-order valence-corrected chi connectivity index (χ1v) is 10.1. The molecule has 0 bridgehead atoms. The summed E-state index contributed by atoms with van der Waals surface area (Å²) in [6.45, 7) is 0. The molecule has 4 aromatic carbocycles. The van der Waals surface area contributed by atoms with Gasteiger partial charge in [-0.15, -0.1) is 0 Å². The molecule has 0 saturated heterocycles. The summed E-state index contributed by atoms with van der Waals surface area (Å²) in [5.74, 6) is 0.846. The Labute approximate surface area is 174 Å². The van der Waals surface area contributed by atoms with Gasteiger partial charge in [0.1, 0.15) is 10.1 Å². The molecule has 0 fully saturated rings. The van der Waals surface area contributed by atoms with Crippen LogP contribution in [0.5, 0.6) is 5.75 Å². The third-order valence-corrected chi connectivity index (χ3v) is 6.37. The zero-order valence-electron chi connectivity index (χ0n) is 15.7. The number of ether oxygens (including phenoxy) is 1. The molecule has 0 amide bonds. The molecule has 1 nitrogen and oxygen atoms in total. The molecule has 4 rings (SSSR count). The van der Waals surface area contributed by atoms with E-state index in [1.54, 1.807) is 7.11 Å². The van der Waals surface area contributed by atoms with Crippen molar-refractivity contribution in [3.05, 3.63) is 126 Å². The molecule has 0 saturated carbocycles. The Morgan fingerprint density at radius 1 is 0.643 bits per heavy atom. The largest absolute Gasteiger partial charge is 0.497 e. The van der Waals surface area contributed by atoms with E-state index in [1.807, 2.05) is 24.3 Å². The van der Waals surface area contributed by atoms with Gasteiger partial charge in [-0.25, -0.2) is 0 Å². The van der Waals surface area contributed by atoms with Crippen LogP contribution in [0.2, 0.25) is 0 Å². The lowest BCUT2D eigenvalue weighted by molar-refractivity contribution is 0.415. The first kappa shape index (κ1) is 18.5. The third kappa shape index (κ3) is 3.36. The molecule has 0 aliphatic carbocycles. The number of benzene rings is 4. The molecule has 138 valence electrons. The maximum absolute atomic E-state index is 5.54. The van der Waals surface area contributed by atoms with Gasteiger partial charge in [-0.3, -0.25) is 0 Å². The summed E-state index contributed by atoms with van der Waals surface area (Å²) >= 11 is 4.16. The van der Waals surface area contributed by atoms with Crippen molar-refractivity contribution in [2.75, 3.05) is 7.11 Å². The van der Waals surface area contributed by atoms with Crippen molar-refractivity contribution in [3.63, 3.8) is 0 Å². The highest BCUT2D eigenvalue weighted by atomic mass is 79.9. The number of halogens is 1. The summed E-state index contributed by atoms with van der Waals surface area (Å²) in [6.07, 6.45) is 0. The fraction of sp³-hybridized carbons (Fsp3) is 0.0769.